The lowest BCUT2D eigenvalue weighted by molar-refractivity contribution is -0.151. The summed E-state index contributed by atoms with van der Waals surface area (Å²) in [5.41, 5.74) is -0.621. The van der Waals surface area contributed by atoms with Crippen LogP contribution in [-0.2, 0) is 9.53 Å². The molecule has 0 aromatic rings. The maximum atomic E-state index is 11.4. The molecule has 4 nitrogen and oxygen atoms in total. The van der Waals surface area contributed by atoms with Gasteiger partial charge in [0.2, 0.25) is 0 Å². The largest absolute Gasteiger partial charge is 0.481 e. The van der Waals surface area contributed by atoms with E-state index in [1.807, 2.05) is 13.8 Å². The number of hydrogen-bond donors (Lipinski definition) is 1. The topological polar surface area (TPSA) is 49.8 Å². The summed E-state index contributed by atoms with van der Waals surface area (Å²) < 4.78 is 5.60. The van der Waals surface area contributed by atoms with Gasteiger partial charge in [0, 0.05) is 19.6 Å². The molecule has 4 heteroatoms. The van der Waals surface area contributed by atoms with Gasteiger partial charge in [-0.05, 0) is 19.8 Å². The number of carboxylic acid groups (broad SMARTS) is 1. The molecule has 0 amide bonds. The van der Waals surface area contributed by atoms with Crippen LogP contribution >= 0.6 is 0 Å². The molecule has 0 spiro atoms. The molecule has 0 saturated carbocycles. The normalized spacial score (nSPS) is 25.5. The van der Waals surface area contributed by atoms with Crippen molar-refractivity contribution in [3.8, 4) is 0 Å². The minimum Gasteiger partial charge on any atom is -0.481 e. The fourth-order valence-corrected chi connectivity index (χ4v) is 2.47. The van der Waals surface area contributed by atoms with Crippen molar-refractivity contribution in [2.24, 2.45) is 5.41 Å². The molecule has 1 fully saturated rings. The van der Waals surface area contributed by atoms with Gasteiger partial charge in [0.15, 0.2) is 0 Å². The molecule has 1 saturated heterocycles. The highest BCUT2D eigenvalue weighted by Crippen LogP contribution is 2.26. The average molecular weight is 243 g/mol. The zero-order valence-electron chi connectivity index (χ0n) is 11.2. The Morgan fingerprint density at radius 2 is 2.24 bits per heavy atom. The SMILES string of the molecule is CCCC(C)(CN1CCOC(CC)C1)C(=O)O. The first-order chi connectivity index (χ1) is 8.01. The highest BCUT2D eigenvalue weighted by molar-refractivity contribution is 5.74. The molecule has 1 rings (SSSR count). The van der Waals surface area contributed by atoms with Crippen LogP contribution in [0.15, 0.2) is 0 Å². The summed E-state index contributed by atoms with van der Waals surface area (Å²) in [6.45, 7) is 9.07. The van der Waals surface area contributed by atoms with Crippen molar-refractivity contribution >= 4 is 5.97 Å². The van der Waals surface area contributed by atoms with Crippen LogP contribution in [0.4, 0.5) is 0 Å². The molecule has 0 radical (unpaired) electrons. The lowest BCUT2D eigenvalue weighted by Gasteiger charge is -2.37. The van der Waals surface area contributed by atoms with E-state index in [0.717, 1.165) is 39.0 Å². The second-order valence-corrected chi connectivity index (χ2v) is 5.25. The van der Waals surface area contributed by atoms with E-state index in [2.05, 4.69) is 11.8 Å². The number of rotatable bonds is 6. The van der Waals surface area contributed by atoms with Gasteiger partial charge in [-0.25, -0.2) is 0 Å². The molecule has 2 unspecified atom stereocenters. The molecule has 2 atom stereocenters. The van der Waals surface area contributed by atoms with Crippen molar-refractivity contribution in [3.05, 3.63) is 0 Å². The smallest absolute Gasteiger partial charge is 0.310 e. The van der Waals surface area contributed by atoms with Crippen LogP contribution in [0, 0.1) is 5.41 Å². The van der Waals surface area contributed by atoms with E-state index in [0.29, 0.717) is 6.54 Å². The van der Waals surface area contributed by atoms with Gasteiger partial charge in [0.05, 0.1) is 18.1 Å². The molecule has 100 valence electrons. The molecule has 1 heterocycles. The molecule has 0 aromatic heterocycles. The Hall–Kier alpha value is -0.610. The van der Waals surface area contributed by atoms with E-state index in [9.17, 15) is 9.90 Å². The Labute approximate surface area is 104 Å². The Kier molecular flexibility index (Phi) is 5.40. The Morgan fingerprint density at radius 3 is 2.76 bits per heavy atom. The third kappa shape index (κ3) is 3.96. The van der Waals surface area contributed by atoms with Crippen molar-refractivity contribution in [1.29, 1.82) is 0 Å². The molecule has 0 bridgehead atoms. The minimum atomic E-state index is -0.682. The van der Waals surface area contributed by atoms with Crippen LogP contribution in [-0.4, -0.2) is 48.3 Å². The molecule has 17 heavy (non-hydrogen) atoms. The standard InChI is InChI=1S/C13H25NO3/c1-4-6-13(3,12(15)16)10-14-7-8-17-11(5-2)9-14/h11H,4-10H2,1-3H3,(H,15,16). The first-order valence-electron chi connectivity index (χ1n) is 6.59. The number of carboxylic acids is 1. The second kappa shape index (κ2) is 6.36. The maximum absolute atomic E-state index is 11.4. The van der Waals surface area contributed by atoms with Gasteiger partial charge >= 0.3 is 5.97 Å². The van der Waals surface area contributed by atoms with E-state index >= 15 is 0 Å². The zero-order valence-corrected chi connectivity index (χ0v) is 11.2. The summed E-state index contributed by atoms with van der Waals surface area (Å²) in [6.07, 6.45) is 2.90. The van der Waals surface area contributed by atoms with Gasteiger partial charge in [0.25, 0.3) is 0 Å². The van der Waals surface area contributed by atoms with Crippen molar-refractivity contribution in [2.75, 3.05) is 26.2 Å². The van der Waals surface area contributed by atoms with E-state index < -0.39 is 11.4 Å². The lowest BCUT2D eigenvalue weighted by atomic mass is 9.85. The zero-order chi connectivity index (χ0) is 12.9. The Balaban J connectivity index is 2.57. The summed E-state index contributed by atoms with van der Waals surface area (Å²) in [7, 11) is 0. The van der Waals surface area contributed by atoms with Crippen LogP contribution < -0.4 is 0 Å². The van der Waals surface area contributed by atoms with Crippen LogP contribution in [0.2, 0.25) is 0 Å². The van der Waals surface area contributed by atoms with Crippen molar-refractivity contribution in [2.45, 2.75) is 46.1 Å². The van der Waals surface area contributed by atoms with Gasteiger partial charge in [0.1, 0.15) is 0 Å². The van der Waals surface area contributed by atoms with Gasteiger partial charge in [-0.3, -0.25) is 9.69 Å². The van der Waals surface area contributed by atoms with E-state index in [4.69, 9.17) is 4.74 Å². The first-order valence-corrected chi connectivity index (χ1v) is 6.59. The number of carbonyl (C=O) groups is 1. The van der Waals surface area contributed by atoms with Gasteiger partial charge < -0.3 is 9.84 Å². The molecule has 1 N–H and O–H groups in total. The van der Waals surface area contributed by atoms with Crippen molar-refractivity contribution < 1.29 is 14.6 Å². The van der Waals surface area contributed by atoms with Crippen LogP contribution in [0.1, 0.15) is 40.0 Å². The number of ether oxygens (including phenoxy) is 1. The third-order valence-electron chi connectivity index (χ3n) is 3.57. The van der Waals surface area contributed by atoms with Crippen molar-refractivity contribution in [1.82, 2.24) is 4.90 Å². The quantitative estimate of drug-likeness (QED) is 0.775. The highest BCUT2D eigenvalue weighted by atomic mass is 16.5. The molecular formula is C13H25NO3. The third-order valence-corrected chi connectivity index (χ3v) is 3.57. The van der Waals surface area contributed by atoms with Crippen LogP contribution in [0.5, 0.6) is 0 Å². The van der Waals surface area contributed by atoms with E-state index in [1.54, 1.807) is 0 Å². The van der Waals surface area contributed by atoms with Crippen LogP contribution in [0.25, 0.3) is 0 Å². The predicted molar refractivity (Wildman–Crippen MR) is 67.1 cm³/mol. The second-order valence-electron chi connectivity index (χ2n) is 5.25. The van der Waals surface area contributed by atoms with E-state index in [1.165, 1.54) is 0 Å². The number of hydrogen-bond acceptors (Lipinski definition) is 3. The summed E-state index contributed by atoms with van der Waals surface area (Å²) >= 11 is 0. The number of morpholine rings is 1. The average Bonchev–Trinajstić information content (AvgIpc) is 2.29. The first kappa shape index (κ1) is 14.5. The lowest BCUT2D eigenvalue weighted by Crippen LogP contribution is -2.48. The monoisotopic (exact) mass is 243 g/mol. The van der Waals surface area contributed by atoms with Crippen LogP contribution in [0.3, 0.4) is 0 Å². The molecule has 1 aliphatic heterocycles. The fourth-order valence-electron chi connectivity index (χ4n) is 2.47. The highest BCUT2D eigenvalue weighted by Gasteiger charge is 2.35. The Morgan fingerprint density at radius 1 is 1.53 bits per heavy atom. The molecular weight excluding hydrogens is 218 g/mol. The van der Waals surface area contributed by atoms with Gasteiger partial charge in [-0.15, -0.1) is 0 Å². The molecule has 0 aromatic carbocycles. The van der Waals surface area contributed by atoms with Gasteiger partial charge in [-0.2, -0.15) is 0 Å². The summed E-state index contributed by atoms with van der Waals surface area (Å²) in [5, 5.41) is 9.36. The maximum Gasteiger partial charge on any atom is 0.310 e. The summed E-state index contributed by atoms with van der Waals surface area (Å²) in [6, 6.07) is 0. The molecule has 0 aliphatic carbocycles. The number of aliphatic carboxylic acids is 1. The molecule has 1 aliphatic rings. The summed E-state index contributed by atoms with van der Waals surface area (Å²) in [4.78, 5) is 13.6. The summed E-state index contributed by atoms with van der Waals surface area (Å²) in [5.74, 6) is -0.682. The Bertz CT molecular complexity index is 257. The fraction of sp³-hybridized carbons (Fsp3) is 0.923. The minimum absolute atomic E-state index is 0.267. The number of nitrogens with zero attached hydrogens (tertiary/aromatic N) is 1. The predicted octanol–water partition coefficient (Wildman–Crippen LogP) is 1.99. The van der Waals surface area contributed by atoms with Crippen molar-refractivity contribution in [3.63, 3.8) is 0 Å². The van der Waals surface area contributed by atoms with E-state index in [-0.39, 0.29) is 6.10 Å². The van der Waals surface area contributed by atoms with Gasteiger partial charge in [-0.1, -0.05) is 20.3 Å².